The van der Waals surface area contributed by atoms with E-state index >= 15 is 0 Å². The molecule has 1 N–H and O–H groups in total. The van der Waals surface area contributed by atoms with Crippen molar-refractivity contribution in [3.63, 3.8) is 0 Å². The maximum atomic E-state index is 3.85. The van der Waals surface area contributed by atoms with Gasteiger partial charge in [-0.1, -0.05) is 6.89 Å². The van der Waals surface area contributed by atoms with Crippen LogP contribution in [0.3, 0.4) is 0 Å². The van der Waals surface area contributed by atoms with Crippen molar-refractivity contribution in [3.05, 3.63) is 0 Å². The van der Waals surface area contributed by atoms with Crippen LogP contribution in [0.25, 0.3) is 0 Å². The minimum absolute atomic E-state index is 0.821. The van der Waals surface area contributed by atoms with Crippen molar-refractivity contribution in [1.29, 1.82) is 0 Å². The normalized spacial score (nSPS) is 23.7. The lowest BCUT2D eigenvalue weighted by Crippen LogP contribution is -1.93. The van der Waals surface area contributed by atoms with Gasteiger partial charge in [0.15, 0.2) is 0 Å². The number of hydrazone groups is 1. The fourth-order valence-electron chi connectivity index (χ4n) is 0.398. The molecule has 0 aromatic heterocycles. The van der Waals surface area contributed by atoms with Crippen molar-refractivity contribution in [2.75, 3.05) is 13.3 Å². The van der Waals surface area contributed by atoms with Crippen LogP contribution >= 0.6 is 6.89 Å². The third kappa shape index (κ3) is 1.07. The van der Waals surface area contributed by atoms with Gasteiger partial charge in [-0.25, -0.2) is 0 Å². The molecule has 1 rings (SSSR count). The lowest BCUT2D eigenvalue weighted by molar-refractivity contribution is 1.09. The average Bonchev–Trinajstić information content (AvgIpc) is 1.84. The number of hydrogen-bond acceptors (Lipinski definition) is 2. The molecule has 1 aliphatic rings. The summed E-state index contributed by atoms with van der Waals surface area (Å²) >= 11 is 0. The zero-order valence-corrected chi connectivity index (χ0v) is 5.44. The van der Waals surface area contributed by atoms with Gasteiger partial charge in [0.1, 0.15) is 0 Å². The molecular formula is C4H9N2P. The van der Waals surface area contributed by atoms with Crippen molar-refractivity contribution in [2.24, 2.45) is 5.10 Å². The van der Waals surface area contributed by atoms with Gasteiger partial charge in [0.2, 0.25) is 0 Å². The number of nitrogens with zero attached hydrogens (tertiary/aromatic N) is 1. The molecule has 0 saturated heterocycles. The Balaban J connectivity index is 2.89. The molecule has 0 radical (unpaired) electrons. The molecule has 0 aromatic rings. The fraction of sp³-hybridized carbons (Fsp3) is 0.500. The molecule has 0 unspecified atom stereocenters. The Morgan fingerprint density at radius 3 is 2.43 bits per heavy atom. The maximum Gasteiger partial charge on any atom is 0.0483 e. The molecular weight excluding hydrogens is 107 g/mol. The van der Waals surface area contributed by atoms with Crippen LogP contribution < -0.4 is 5.43 Å². The molecule has 7 heavy (non-hydrogen) atoms. The summed E-state index contributed by atoms with van der Waals surface area (Å²) in [6.45, 7) is 3.59. The fourth-order valence-corrected chi connectivity index (χ4v) is 1.19. The molecule has 3 heteroatoms. The molecule has 0 spiro atoms. The Morgan fingerprint density at radius 2 is 2.29 bits per heavy atom. The highest BCUT2D eigenvalue weighted by molar-refractivity contribution is 7.87. The van der Waals surface area contributed by atoms with Gasteiger partial charge in [0.25, 0.3) is 0 Å². The second-order valence-corrected chi connectivity index (χ2v) is 5.88. The van der Waals surface area contributed by atoms with Crippen molar-refractivity contribution in [3.8, 4) is 0 Å². The molecule has 0 bridgehead atoms. The van der Waals surface area contributed by atoms with Gasteiger partial charge in [0.05, 0.1) is 0 Å². The zero-order valence-electron chi connectivity index (χ0n) is 4.55. The van der Waals surface area contributed by atoms with Gasteiger partial charge in [-0.3, -0.25) is 5.43 Å². The minimum atomic E-state index is -0.821. The number of nitrogens with one attached hydrogen (secondary N) is 1. The summed E-state index contributed by atoms with van der Waals surface area (Å²) in [6.07, 6.45) is 0. The summed E-state index contributed by atoms with van der Waals surface area (Å²) in [5.74, 6) is 4.06. The van der Waals surface area contributed by atoms with Gasteiger partial charge in [-0.15, -0.1) is 0 Å². The Kier molecular flexibility index (Phi) is 0.966. The number of hydrogen-bond donors (Lipinski definition) is 1. The topological polar surface area (TPSA) is 24.4 Å². The quantitative estimate of drug-likeness (QED) is 0.460. The minimum Gasteiger partial charge on any atom is -0.285 e. The summed E-state index contributed by atoms with van der Waals surface area (Å²) in [5, 5.41) is 3.85. The lowest BCUT2D eigenvalue weighted by atomic mass is 11.5. The van der Waals surface area contributed by atoms with Crippen LogP contribution in [0.5, 0.6) is 0 Å². The van der Waals surface area contributed by atoms with E-state index in [1.54, 1.807) is 0 Å². The molecule has 0 amide bonds. The van der Waals surface area contributed by atoms with Gasteiger partial charge >= 0.3 is 0 Å². The van der Waals surface area contributed by atoms with Crippen LogP contribution in [0, 0.1) is 0 Å². The van der Waals surface area contributed by atoms with Crippen LogP contribution in [0.4, 0.5) is 0 Å². The van der Waals surface area contributed by atoms with Crippen LogP contribution in [0.2, 0.25) is 0 Å². The van der Waals surface area contributed by atoms with Gasteiger partial charge < -0.3 is 0 Å². The second-order valence-electron chi connectivity index (χ2n) is 2.13. The van der Waals surface area contributed by atoms with E-state index in [-0.39, 0.29) is 0 Å². The molecule has 40 valence electrons. The Labute approximate surface area is 43.6 Å². The smallest absolute Gasteiger partial charge is 0.0483 e. The summed E-state index contributed by atoms with van der Waals surface area (Å²) in [5.41, 5.74) is 2.81. The molecule has 0 saturated carbocycles. The first-order chi connectivity index (χ1) is 3.21. The molecule has 0 atom stereocenters. The molecule has 0 fully saturated rings. The Morgan fingerprint density at radius 1 is 1.57 bits per heavy atom. The molecule has 2 nitrogen and oxygen atoms in total. The van der Waals surface area contributed by atoms with E-state index in [1.165, 1.54) is 0 Å². The summed E-state index contributed by atoms with van der Waals surface area (Å²) in [7, 11) is 0. The largest absolute Gasteiger partial charge is 0.285 e. The van der Waals surface area contributed by atoms with Gasteiger partial charge in [-0.2, -0.15) is 5.10 Å². The van der Waals surface area contributed by atoms with Crippen molar-refractivity contribution >= 4 is 18.8 Å². The first kappa shape index (κ1) is 4.92. The summed E-state index contributed by atoms with van der Waals surface area (Å²) in [4.78, 5) is 0. The third-order valence-electron chi connectivity index (χ3n) is 0.820. The van der Waals surface area contributed by atoms with Crippen molar-refractivity contribution in [1.82, 2.24) is 5.43 Å². The second kappa shape index (κ2) is 1.38. The van der Waals surface area contributed by atoms with Gasteiger partial charge in [0, 0.05) is 11.9 Å². The highest BCUT2D eigenvalue weighted by Crippen LogP contribution is 2.34. The monoisotopic (exact) mass is 116 g/mol. The highest BCUT2D eigenvalue weighted by Gasteiger charge is 2.00. The van der Waals surface area contributed by atoms with Crippen LogP contribution in [-0.4, -0.2) is 25.2 Å². The van der Waals surface area contributed by atoms with Crippen LogP contribution in [0.1, 0.15) is 0 Å². The molecule has 1 heterocycles. The van der Waals surface area contributed by atoms with Crippen molar-refractivity contribution < 1.29 is 0 Å². The highest BCUT2D eigenvalue weighted by atomic mass is 31.2. The SMILES string of the molecule is CP1(C)=CNN=C1. The zero-order chi connectivity index (χ0) is 5.33. The maximum absolute atomic E-state index is 3.85. The van der Waals surface area contributed by atoms with E-state index in [9.17, 15) is 0 Å². The van der Waals surface area contributed by atoms with Crippen LogP contribution in [0.15, 0.2) is 5.10 Å². The van der Waals surface area contributed by atoms with E-state index in [0.29, 0.717) is 0 Å². The predicted octanol–water partition coefficient (Wildman–Crippen LogP) is 0.570. The van der Waals surface area contributed by atoms with E-state index in [1.807, 2.05) is 5.96 Å². The Bertz CT molecular complexity index is 142. The standard InChI is InChI=1S/C4H9N2P/c1-7(2)3-5-6-4-7/h3-4H,1-2H3,(H,5,6). The predicted molar refractivity (Wildman–Crippen MR) is 36.5 cm³/mol. The first-order valence-electron chi connectivity index (χ1n) is 2.18. The number of rotatable bonds is 0. The first-order valence-corrected chi connectivity index (χ1v) is 5.00. The molecule has 0 aromatic carbocycles. The summed E-state index contributed by atoms with van der Waals surface area (Å²) < 4.78 is 0. The van der Waals surface area contributed by atoms with E-state index in [2.05, 4.69) is 29.8 Å². The van der Waals surface area contributed by atoms with E-state index < -0.39 is 6.89 Å². The molecule has 1 aliphatic heterocycles. The summed E-state index contributed by atoms with van der Waals surface area (Å²) in [6, 6.07) is 0. The lowest BCUT2D eigenvalue weighted by Gasteiger charge is -1.96. The third-order valence-corrected chi connectivity index (χ3v) is 2.31. The van der Waals surface area contributed by atoms with Crippen molar-refractivity contribution in [2.45, 2.75) is 0 Å². The van der Waals surface area contributed by atoms with E-state index in [4.69, 9.17) is 0 Å². The van der Waals surface area contributed by atoms with E-state index in [0.717, 1.165) is 0 Å². The molecule has 0 aliphatic carbocycles. The average molecular weight is 116 g/mol. The Hall–Kier alpha value is -0.230. The van der Waals surface area contributed by atoms with Gasteiger partial charge in [-0.05, 0) is 13.3 Å². The van der Waals surface area contributed by atoms with Crippen LogP contribution in [-0.2, 0) is 0 Å².